The van der Waals surface area contributed by atoms with Gasteiger partial charge in [0.1, 0.15) is 0 Å². The molecule has 0 fully saturated rings. The molecule has 0 aromatic heterocycles. The quantitative estimate of drug-likeness (QED) is 0.777. The Labute approximate surface area is 127 Å². The molecule has 9 heteroatoms. The SMILES string of the molecule is CC(CCc1ccccc1)NC(=O)C(F)(F)C(F)(F)C(F)(F)F. The van der Waals surface area contributed by atoms with Gasteiger partial charge in [-0.25, -0.2) is 0 Å². The molecule has 0 bridgehead atoms. The summed E-state index contributed by atoms with van der Waals surface area (Å²) in [5.41, 5.74) is 0.806. The van der Waals surface area contributed by atoms with Crippen LogP contribution in [0.15, 0.2) is 30.3 Å². The van der Waals surface area contributed by atoms with Crippen molar-refractivity contribution < 1.29 is 35.5 Å². The lowest BCUT2D eigenvalue weighted by molar-refractivity contribution is -0.344. The van der Waals surface area contributed by atoms with E-state index in [0.29, 0.717) is 6.42 Å². The van der Waals surface area contributed by atoms with E-state index in [0.717, 1.165) is 5.56 Å². The van der Waals surface area contributed by atoms with Gasteiger partial charge in [0.2, 0.25) is 0 Å². The van der Waals surface area contributed by atoms with Crippen molar-refractivity contribution in [3.63, 3.8) is 0 Å². The molecule has 23 heavy (non-hydrogen) atoms. The van der Waals surface area contributed by atoms with Gasteiger partial charge in [0.15, 0.2) is 0 Å². The molecule has 0 aliphatic rings. The summed E-state index contributed by atoms with van der Waals surface area (Å²) in [6.45, 7) is 1.24. The summed E-state index contributed by atoms with van der Waals surface area (Å²) in [4.78, 5) is 11.1. The first-order valence-corrected chi connectivity index (χ1v) is 6.57. The van der Waals surface area contributed by atoms with E-state index in [1.54, 1.807) is 30.3 Å². The van der Waals surface area contributed by atoms with Crippen LogP contribution in [0.5, 0.6) is 0 Å². The number of carbonyl (C=O) groups is 1. The number of amides is 1. The maximum Gasteiger partial charge on any atom is 0.460 e. The fourth-order valence-corrected chi connectivity index (χ4v) is 1.74. The minimum atomic E-state index is -6.53. The van der Waals surface area contributed by atoms with Crippen LogP contribution in [0.4, 0.5) is 30.7 Å². The van der Waals surface area contributed by atoms with Gasteiger partial charge < -0.3 is 5.32 Å². The fourth-order valence-electron chi connectivity index (χ4n) is 1.74. The van der Waals surface area contributed by atoms with Crippen molar-refractivity contribution in [1.29, 1.82) is 0 Å². The van der Waals surface area contributed by atoms with Crippen molar-refractivity contribution in [2.45, 2.75) is 43.8 Å². The number of rotatable bonds is 6. The van der Waals surface area contributed by atoms with E-state index >= 15 is 0 Å². The standard InChI is InChI=1S/C14H14F7NO/c1-9(7-8-10-5-3-2-4-6-10)22-11(23)12(15,16)13(17,18)14(19,20)21/h2-6,9H,7-8H2,1H3,(H,22,23). The number of benzene rings is 1. The summed E-state index contributed by atoms with van der Waals surface area (Å²) < 4.78 is 87.7. The molecule has 0 saturated carbocycles. The molecule has 0 aliphatic carbocycles. The predicted octanol–water partition coefficient (Wildman–Crippen LogP) is 3.96. The van der Waals surface area contributed by atoms with E-state index in [4.69, 9.17) is 0 Å². The third kappa shape index (κ3) is 4.35. The number of hydrogen-bond acceptors (Lipinski definition) is 1. The maximum atomic E-state index is 13.1. The Morgan fingerprint density at radius 1 is 1.04 bits per heavy atom. The Kier molecular flexibility index (Phi) is 5.65. The first-order valence-electron chi connectivity index (χ1n) is 6.57. The molecule has 1 amide bonds. The molecular weight excluding hydrogens is 331 g/mol. The second kappa shape index (κ2) is 6.76. The van der Waals surface area contributed by atoms with Crippen LogP contribution in [0.1, 0.15) is 18.9 Å². The molecule has 1 aromatic rings. The van der Waals surface area contributed by atoms with E-state index in [2.05, 4.69) is 0 Å². The van der Waals surface area contributed by atoms with Crippen LogP contribution in [-0.2, 0) is 11.2 Å². The smallest absolute Gasteiger partial charge is 0.348 e. The average Bonchev–Trinajstić information content (AvgIpc) is 2.44. The van der Waals surface area contributed by atoms with Gasteiger partial charge in [-0.1, -0.05) is 30.3 Å². The fraction of sp³-hybridized carbons (Fsp3) is 0.500. The van der Waals surface area contributed by atoms with E-state index < -0.39 is 30.0 Å². The molecule has 0 spiro atoms. The van der Waals surface area contributed by atoms with Crippen molar-refractivity contribution in [3.05, 3.63) is 35.9 Å². The van der Waals surface area contributed by atoms with E-state index in [1.165, 1.54) is 12.2 Å². The first kappa shape index (κ1) is 19.2. The maximum absolute atomic E-state index is 13.1. The van der Waals surface area contributed by atoms with Crippen molar-refractivity contribution >= 4 is 5.91 Å². The topological polar surface area (TPSA) is 29.1 Å². The van der Waals surface area contributed by atoms with Gasteiger partial charge in [-0.15, -0.1) is 0 Å². The van der Waals surface area contributed by atoms with Crippen LogP contribution in [-0.4, -0.2) is 30.0 Å². The van der Waals surface area contributed by atoms with Crippen LogP contribution in [0, 0.1) is 0 Å². The second-order valence-corrected chi connectivity index (χ2v) is 5.05. The molecule has 0 saturated heterocycles. The largest absolute Gasteiger partial charge is 0.460 e. The van der Waals surface area contributed by atoms with Gasteiger partial charge in [-0.2, -0.15) is 30.7 Å². The molecule has 1 rings (SSSR count). The zero-order chi connectivity index (χ0) is 17.9. The van der Waals surface area contributed by atoms with Crippen LogP contribution in [0.2, 0.25) is 0 Å². The molecule has 0 radical (unpaired) electrons. The summed E-state index contributed by atoms with van der Waals surface area (Å²) in [6, 6.07) is 7.63. The zero-order valence-corrected chi connectivity index (χ0v) is 11.9. The molecule has 1 N–H and O–H groups in total. The second-order valence-electron chi connectivity index (χ2n) is 5.05. The number of hydrogen-bond donors (Lipinski definition) is 1. The highest BCUT2D eigenvalue weighted by Crippen LogP contribution is 2.46. The summed E-state index contributed by atoms with van der Waals surface area (Å²) in [5.74, 6) is -15.0. The number of halogens is 7. The lowest BCUT2D eigenvalue weighted by Gasteiger charge is -2.28. The minimum absolute atomic E-state index is 0.101. The lowest BCUT2D eigenvalue weighted by Crippen LogP contribution is -2.60. The van der Waals surface area contributed by atoms with E-state index in [1.807, 2.05) is 0 Å². The molecular formula is C14H14F7NO. The molecule has 130 valence electrons. The van der Waals surface area contributed by atoms with E-state index in [9.17, 15) is 35.5 Å². The number of aryl methyl sites for hydroxylation is 1. The van der Waals surface area contributed by atoms with Gasteiger partial charge in [-0.3, -0.25) is 4.79 Å². The molecule has 0 aliphatic heterocycles. The van der Waals surface area contributed by atoms with Gasteiger partial charge in [0.05, 0.1) is 0 Å². The van der Waals surface area contributed by atoms with E-state index in [-0.39, 0.29) is 6.42 Å². The van der Waals surface area contributed by atoms with Crippen LogP contribution in [0.3, 0.4) is 0 Å². The Hall–Kier alpha value is -1.80. The van der Waals surface area contributed by atoms with Crippen LogP contribution < -0.4 is 5.32 Å². The predicted molar refractivity (Wildman–Crippen MR) is 68.3 cm³/mol. The van der Waals surface area contributed by atoms with Crippen LogP contribution >= 0.6 is 0 Å². The molecule has 2 nitrogen and oxygen atoms in total. The Bertz CT molecular complexity index is 528. The Balaban J connectivity index is 2.67. The Morgan fingerprint density at radius 2 is 1.57 bits per heavy atom. The highest BCUT2D eigenvalue weighted by atomic mass is 19.4. The monoisotopic (exact) mass is 345 g/mol. The minimum Gasteiger partial charge on any atom is -0.348 e. The molecule has 1 atom stereocenters. The third-order valence-corrected chi connectivity index (χ3v) is 3.12. The van der Waals surface area contributed by atoms with Crippen molar-refractivity contribution in [1.82, 2.24) is 5.32 Å². The van der Waals surface area contributed by atoms with Gasteiger partial charge in [-0.05, 0) is 25.3 Å². The number of carbonyl (C=O) groups excluding carboxylic acids is 1. The lowest BCUT2D eigenvalue weighted by atomic mass is 10.1. The zero-order valence-electron chi connectivity index (χ0n) is 11.9. The van der Waals surface area contributed by atoms with Gasteiger partial charge >= 0.3 is 18.0 Å². The number of nitrogens with one attached hydrogen (secondary N) is 1. The normalized spacial score (nSPS) is 14.4. The van der Waals surface area contributed by atoms with Gasteiger partial charge in [0, 0.05) is 6.04 Å². The highest BCUT2D eigenvalue weighted by molar-refractivity contribution is 5.85. The summed E-state index contributed by atoms with van der Waals surface area (Å²) >= 11 is 0. The highest BCUT2D eigenvalue weighted by Gasteiger charge is 2.76. The Morgan fingerprint density at radius 3 is 2.04 bits per heavy atom. The average molecular weight is 345 g/mol. The summed E-state index contributed by atoms with van der Waals surface area (Å²) in [5, 5.41) is 1.50. The van der Waals surface area contributed by atoms with Crippen molar-refractivity contribution in [3.8, 4) is 0 Å². The third-order valence-electron chi connectivity index (χ3n) is 3.12. The van der Waals surface area contributed by atoms with Crippen molar-refractivity contribution in [2.75, 3.05) is 0 Å². The van der Waals surface area contributed by atoms with Crippen LogP contribution in [0.25, 0.3) is 0 Å². The van der Waals surface area contributed by atoms with Crippen molar-refractivity contribution in [2.24, 2.45) is 0 Å². The van der Waals surface area contributed by atoms with Gasteiger partial charge in [0.25, 0.3) is 5.91 Å². The molecule has 0 heterocycles. The number of alkyl halides is 7. The molecule has 1 aromatic carbocycles. The summed E-state index contributed by atoms with van der Waals surface area (Å²) in [6.07, 6.45) is -6.09. The molecule has 1 unspecified atom stereocenters. The summed E-state index contributed by atoms with van der Waals surface area (Å²) in [7, 11) is 0. The first-order chi connectivity index (χ1) is 10.4.